The normalized spacial score (nSPS) is 14.7. The van der Waals surface area contributed by atoms with Crippen LogP contribution in [0.5, 0.6) is 0 Å². The number of halogens is 3. The third-order valence-electron chi connectivity index (χ3n) is 2.72. The molecule has 1 aromatic heterocycles. The van der Waals surface area contributed by atoms with Gasteiger partial charge >= 0.3 is 6.18 Å². The van der Waals surface area contributed by atoms with Crippen molar-refractivity contribution in [3.8, 4) is 0 Å². The Bertz CT molecular complexity index is 579. The molecule has 0 amide bonds. The molecule has 0 bridgehead atoms. The maximum absolute atomic E-state index is 12.7. The van der Waals surface area contributed by atoms with E-state index in [1.54, 1.807) is 20.8 Å². The molecule has 122 valence electrons. The highest BCUT2D eigenvalue weighted by Crippen LogP contribution is 2.30. The Balaban J connectivity index is 2.89. The molecule has 0 N–H and O–H groups in total. The van der Waals surface area contributed by atoms with Crippen LogP contribution >= 0.6 is 0 Å². The molecule has 1 atom stereocenters. The van der Waals surface area contributed by atoms with E-state index in [-0.39, 0.29) is 25.0 Å². The highest BCUT2D eigenvalue weighted by atomic mass is 32.2. The predicted octanol–water partition coefficient (Wildman–Crippen LogP) is 2.64. The van der Waals surface area contributed by atoms with E-state index in [9.17, 15) is 21.6 Å². The molecule has 1 heterocycles. The van der Waals surface area contributed by atoms with Crippen LogP contribution in [0.25, 0.3) is 0 Å². The molecular weight excluding hydrogens is 309 g/mol. The van der Waals surface area contributed by atoms with Crippen molar-refractivity contribution >= 4 is 10.1 Å². The Morgan fingerprint density at radius 3 is 2.33 bits per heavy atom. The van der Waals surface area contributed by atoms with Gasteiger partial charge in [-0.3, -0.25) is 8.86 Å². The topological polar surface area (TPSA) is 61.2 Å². The minimum Gasteiger partial charge on any atom is -0.270 e. The van der Waals surface area contributed by atoms with Crippen molar-refractivity contribution < 1.29 is 25.8 Å². The van der Waals surface area contributed by atoms with Gasteiger partial charge in [-0.15, -0.1) is 0 Å². The zero-order valence-corrected chi connectivity index (χ0v) is 13.1. The van der Waals surface area contributed by atoms with E-state index in [2.05, 4.69) is 9.28 Å². The molecule has 1 unspecified atom stereocenters. The average Bonchev–Trinajstić information content (AvgIpc) is 2.69. The van der Waals surface area contributed by atoms with Crippen molar-refractivity contribution in [2.24, 2.45) is 5.92 Å². The molecule has 0 fully saturated rings. The smallest absolute Gasteiger partial charge is 0.270 e. The van der Waals surface area contributed by atoms with Crippen LogP contribution < -0.4 is 0 Å². The molecule has 5 nitrogen and oxygen atoms in total. The van der Waals surface area contributed by atoms with Gasteiger partial charge < -0.3 is 0 Å². The Hall–Kier alpha value is -1.09. The lowest BCUT2D eigenvalue weighted by Gasteiger charge is -2.14. The third kappa shape index (κ3) is 5.66. The molecule has 0 radical (unpaired) electrons. The maximum atomic E-state index is 12.7. The first-order chi connectivity index (χ1) is 9.40. The van der Waals surface area contributed by atoms with Gasteiger partial charge in [-0.05, 0) is 32.3 Å². The van der Waals surface area contributed by atoms with Crippen LogP contribution in [-0.4, -0.2) is 31.1 Å². The Kier molecular flexibility index (Phi) is 5.43. The predicted molar refractivity (Wildman–Crippen MR) is 71.3 cm³/mol. The molecule has 0 spiro atoms. The Morgan fingerprint density at radius 1 is 1.33 bits per heavy atom. The molecule has 1 rings (SSSR count). The summed E-state index contributed by atoms with van der Waals surface area (Å²) in [6, 6.07) is 0.774. The minimum absolute atomic E-state index is 0.0799. The van der Waals surface area contributed by atoms with Crippen molar-refractivity contribution in [1.82, 2.24) is 9.78 Å². The summed E-state index contributed by atoms with van der Waals surface area (Å²) in [5.41, 5.74) is -0.538. The summed E-state index contributed by atoms with van der Waals surface area (Å²) >= 11 is 0. The fourth-order valence-electron chi connectivity index (χ4n) is 1.83. The number of hydrogen-bond acceptors (Lipinski definition) is 4. The standard InChI is InChI=1S/C12H19F3N2O3S/c1-8(2)17-10(6-11(16-17)12(13,14)15)5-9(3)7-20-21(4,18)19/h6,8-9H,5,7H2,1-4H3. The van der Waals surface area contributed by atoms with E-state index in [0.29, 0.717) is 5.69 Å². The van der Waals surface area contributed by atoms with E-state index in [1.165, 1.54) is 4.68 Å². The monoisotopic (exact) mass is 328 g/mol. The van der Waals surface area contributed by atoms with Crippen LogP contribution in [0.1, 0.15) is 38.2 Å². The van der Waals surface area contributed by atoms with Crippen molar-refractivity contribution in [2.75, 3.05) is 12.9 Å². The number of rotatable bonds is 6. The number of nitrogens with zero attached hydrogens (tertiary/aromatic N) is 2. The Labute approximate surface area is 122 Å². The lowest BCUT2D eigenvalue weighted by molar-refractivity contribution is -0.141. The van der Waals surface area contributed by atoms with E-state index in [1.807, 2.05) is 0 Å². The van der Waals surface area contributed by atoms with Crippen LogP contribution in [0.3, 0.4) is 0 Å². The molecule has 0 aliphatic heterocycles. The summed E-state index contributed by atoms with van der Waals surface area (Å²) in [5, 5.41) is 3.58. The summed E-state index contributed by atoms with van der Waals surface area (Å²) in [5.74, 6) is -0.255. The zero-order valence-electron chi connectivity index (χ0n) is 12.3. The first-order valence-corrected chi connectivity index (χ1v) is 8.22. The molecule has 0 saturated heterocycles. The molecule has 0 saturated carbocycles. The number of alkyl halides is 3. The first kappa shape index (κ1) is 18.0. The lowest BCUT2D eigenvalue weighted by Crippen LogP contribution is -2.16. The van der Waals surface area contributed by atoms with Crippen LogP contribution in [-0.2, 0) is 26.9 Å². The van der Waals surface area contributed by atoms with Crippen molar-refractivity contribution in [3.05, 3.63) is 17.5 Å². The van der Waals surface area contributed by atoms with Crippen molar-refractivity contribution in [3.63, 3.8) is 0 Å². The van der Waals surface area contributed by atoms with Gasteiger partial charge in [0.15, 0.2) is 5.69 Å². The number of hydrogen-bond donors (Lipinski definition) is 0. The van der Waals surface area contributed by atoms with Crippen LogP contribution in [0.4, 0.5) is 13.2 Å². The number of aromatic nitrogens is 2. The van der Waals surface area contributed by atoms with E-state index < -0.39 is 22.0 Å². The second kappa shape index (κ2) is 6.35. The quantitative estimate of drug-likeness (QED) is 0.753. The summed E-state index contributed by atoms with van der Waals surface area (Å²) in [6.45, 7) is 5.09. The van der Waals surface area contributed by atoms with E-state index in [0.717, 1.165) is 12.3 Å². The average molecular weight is 328 g/mol. The fourth-order valence-corrected chi connectivity index (χ4v) is 2.31. The molecule has 1 aromatic rings. The van der Waals surface area contributed by atoms with Crippen LogP contribution in [0.2, 0.25) is 0 Å². The van der Waals surface area contributed by atoms with Gasteiger partial charge in [-0.2, -0.15) is 26.7 Å². The molecule has 0 aromatic carbocycles. The largest absolute Gasteiger partial charge is 0.435 e. The molecular formula is C12H19F3N2O3S. The molecule has 0 aliphatic carbocycles. The fraction of sp³-hybridized carbons (Fsp3) is 0.750. The van der Waals surface area contributed by atoms with Gasteiger partial charge in [0.05, 0.1) is 12.9 Å². The van der Waals surface area contributed by atoms with Gasteiger partial charge in [0.25, 0.3) is 10.1 Å². The summed E-state index contributed by atoms with van der Waals surface area (Å²) in [4.78, 5) is 0. The second-order valence-corrected chi connectivity index (χ2v) is 7.00. The first-order valence-electron chi connectivity index (χ1n) is 6.40. The Morgan fingerprint density at radius 2 is 1.90 bits per heavy atom. The van der Waals surface area contributed by atoms with E-state index >= 15 is 0 Å². The maximum Gasteiger partial charge on any atom is 0.435 e. The SMILES string of the molecule is CC(COS(C)(=O)=O)Cc1cc(C(F)(F)F)nn1C(C)C. The minimum atomic E-state index is -4.50. The van der Waals surface area contributed by atoms with Crippen molar-refractivity contribution in [2.45, 2.75) is 39.4 Å². The molecule has 0 aliphatic rings. The van der Waals surface area contributed by atoms with Crippen LogP contribution in [0, 0.1) is 5.92 Å². The third-order valence-corrected chi connectivity index (χ3v) is 3.28. The van der Waals surface area contributed by atoms with Gasteiger partial charge in [-0.25, -0.2) is 0 Å². The van der Waals surface area contributed by atoms with Gasteiger partial charge in [0.1, 0.15) is 0 Å². The summed E-state index contributed by atoms with van der Waals surface area (Å²) in [7, 11) is -3.56. The highest BCUT2D eigenvalue weighted by Gasteiger charge is 2.35. The van der Waals surface area contributed by atoms with Crippen molar-refractivity contribution in [1.29, 1.82) is 0 Å². The zero-order chi connectivity index (χ0) is 16.4. The highest BCUT2D eigenvalue weighted by molar-refractivity contribution is 7.85. The van der Waals surface area contributed by atoms with E-state index in [4.69, 9.17) is 0 Å². The molecule has 9 heteroatoms. The summed E-state index contributed by atoms with van der Waals surface area (Å²) < 4.78 is 65.9. The van der Waals surface area contributed by atoms with Gasteiger partial charge in [0.2, 0.25) is 0 Å². The molecule has 21 heavy (non-hydrogen) atoms. The van der Waals surface area contributed by atoms with Gasteiger partial charge in [0, 0.05) is 11.7 Å². The second-order valence-electron chi connectivity index (χ2n) is 5.35. The van der Waals surface area contributed by atoms with Gasteiger partial charge in [-0.1, -0.05) is 6.92 Å². The lowest BCUT2D eigenvalue weighted by atomic mass is 10.1. The van der Waals surface area contributed by atoms with Crippen LogP contribution in [0.15, 0.2) is 6.07 Å². The summed E-state index contributed by atoms with van der Waals surface area (Å²) in [6.07, 6.45) is -3.32.